The third-order valence-corrected chi connectivity index (χ3v) is 2.37. The van der Waals surface area contributed by atoms with Crippen molar-refractivity contribution in [2.75, 3.05) is 11.1 Å². The number of hydrogen-bond donors (Lipinski definition) is 3. The molecule has 0 saturated carbocycles. The lowest BCUT2D eigenvalue weighted by atomic mass is 10.2. The first-order valence-corrected chi connectivity index (χ1v) is 5.12. The fourth-order valence-electron chi connectivity index (χ4n) is 1.47. The maximum Gasteiger partial charge on any atom is 0.261 e. The van der Waals surface area contributed by atoms with E-state index in [9.17, 15) is 4.79 Å². The van der Waals surface area contributed by atoms with Crippen molar-refractivity contribution in [1.29, 1.82) is 0 Å². The van der Waals surface area contributed by atoms with Crippen LogP contribution in [0.3, 0.4) is 0 Å². The Kier molecular flexibility index (Phi) is 2.78. The normalized spacial score (nSPS) is 10.2. The molecule has 0 bridgehead atoms. The molecule has 0 atom stereocenters. The molecular weight excluding hydrogens is 218 g/mol. The van der Waals surface area contributed by atoms with Gasteiger partial charge in [0.05, 0.1) is 11.9 Å². The van der Waals surface area contributed by atoms with Gasteiger partial charge in [-0.2, -0.15) is 5.10 Å². The average molecular weight is 231 g/mol. The molecule has 0 saturated heterocycles. The van der Waals surface area contributed by atoms with Crippen LogP contribution in [0.5, 0.6) is 0 Å². The smallest absolute Gasteiger partial charge is 0.261 e. The molecule has 0 fully saturated rings. The summed E-state index contributed by atoms with van der Waals surface area (Å²) < 4.78 is 0. The summed E-state index contributed by atoms with van der Waals surface area (Å²) in [6.45, 7) is 3.62. The number of amides is 1. The monoisotopic (exact) mass is 231 g/mol. The first kappa shape index (κ1) is 11.1. The number of carbonyl (C=O) groups is 1. The highest BCUT2D eigenvalue weighted by Crippen LogP contribution is 2.15. The Morgan fingerprint density at radius 2 is 2.18 bits per heavy atom. The Balaban J connectivity index is 2.20. The highest BCUT2D eigenvalue weighted by Gasteiger charge is 2.16. The van der Waals surface area contributed by atoms with Gasteiger partial charge in [0.1, 0.15) is 5.56 Å². The number of hydrogen-bond acceptors (Lipinski definition) is 4. The van der Waals surface area contributed by atoms with E-state index in [0.29, 0.717) is 16.9 Å². The maximum absolute atomic E-state index is 11.9. The number of nitrogens with one attached hydrogen (secondary N) is 2. The number of nitrogens with two attached hydrogens (primary N) is 1. The van der Waals surface area contributed by atoms with Gasteiger partial charge in [0.25, 0.3) is 5.91 Å². The first-order chi connectivity index (χ1) is 8.08. The van der Waals surface area contributed by atoms with E-state index in [2.05, 4.69) is 20.5 Å². The molecule has 2 heterocycles. The Morgan fingerprint density at radius 1 is 1.41 bits per heavy atom. The lowest BCUT2D eigenvalue weighted by molar-refractivity contribution is 0.102. The van der Waals surface area contributed by atoms with Gasteiger partial charge in [-0.15, -0.1) is 0 Å². The van der Waals surface area contributed by atoms with Crippen molar-refractivity contribution in [1.82, 2.24) is 15.2 Å². The van der Waals surface area contributed by atoms with Crippen molar-refractivity contribution >= 4 is 17.4 Å². The summed E-state index contributed by atoms with van der Waals surface area (Å²) in [5, 5.41) is 9.14. The van der Waals surface area contributed by atoms with Crippen molar-refractivity contribution in [3.05, 3.63) is 35.3 Å². The fourth-order valence-corrected chi connectivity index (χ4v) is 1.47. The van der Waals surface area contributed by atoms with Gasteiger partial charge < -0.3 is 11.1 Å². The molecule has 0 aromatic carbocycles. The topological polar surface area (TPSA) is 96.7 Å². The fraction of sp³-hybridized carbons (Fsp3) is 0.182. The summed E-state index contributed by atoms with van der Waals surface area (Å²) in [4.78, 5) is 16.0. The van der Waals surface area contributed by atoms with Gasteiger partial charge in [0, 0.05) is 11.4 Å². The third-order valence-electron chi connectivity index (χ3n) is 2.37. The molecule has 2 rings (SSSR count). The van der Waals surface area contributed by atoms with E-state index in [-0.39, 0.29) is 11.7 Å². The molecule has 0 aliphatic carbocycles. The number of aryl methyl sites for hydroxylation is 2. The summed E-state index contributed by atoms with van der Waals surface area (Å²) in [6, 6.07) is 3.60. The SMILES string of the molecule is Cc1ccc(NC(=O)c2c(N)n[nH]c2C)cn1. The first-order valence-electron chi connectivity index (χ1n) is 5.12. The van der Waals surface area contributed by atoms with Crippen molar-refractivity contribution < 1.29 is 4.79 Å². The molecule has 6 heteroatoms. The summed E-state index contributed by atoms with van der Waals surface area (Å²) in [6.07, 6.45) is 1.60. The van der Waals surface area contributed by atoms with E-state index in [1.54, 1.807) is 19.2 Å². The number of carbonyl (C=O) groups excluding carboxylic acids is 1. The van der Waals surface area contributed by atoms with Crippen molar-refractivity contribution in [2.24, 2.45) is 0 Å². The number of rotatable bonds is 2. The second kappa shape index (κ2) is 4.25. The van der Waals surface area contributed by atoms with Gasteiger partial charge >= 0.3 is 0 Å². The Bertz CT molecular complexity index is 524. The average Bonchev–Trinajstić information content (AvgIpc) is 2.62. The summed E-state index contributed by atoms with van der Waals surface area (Å²) in [5.74, 6) is -0.0977. The zero-order valence-electron chi connectivity index (χ0n) is 9.61. The van der Waals surface area contributed by atoms with Crippen molar-refractivity contribution in [2.45, 2.75) is 13.8 Å². The van der Waals surface area contributed by atoms with Crippen LogP contribution in [0.15, 0.2) is 18.3 Å². The zero-order valence-corrected chi connectivity index (χ0v) is 9.61. The Morgan fingerprint density at radius 3 is 2.71 bits per heavy atom. The van der Waals surface area contributed by atoms with Crippen LogP contribution in [0, 0.1) is 13.8 Å². The lowest BCUT2D eigenvalue weighted by Crippen LogP contribution is -2.14. The van der Waals surface area contributed by atoms with E-state index in [1.807, 2.05) is 13.0 Å². The molecule has 2 aromatic heterocycles. The van der Waals surface area contributed by atoms with E-state index < -0.39 is 0 Å². The molecule has 0 spiro atoms. The number of H-pyrrole nitrogens is 1. The minimum absolute atomic E-state index is 0.195. The number of aromatic amines is 1. The van der Waals surface area contributed by atoms with E-state index in [0.717, 1.165) is 5.69 Å². The molecule has 1 amide bonds. The summed E-state index contributed by atoms with van der Waals surface area (Å²) >= 11 is 0. The van der Waals surface area contributed by atoms with Crippen LogP contribution in [-0.2, 0) is 0 Å². The molecule has 0 aliphatic rings. The minimum Gasteiger partial charge on any atom is -0.382 e. The van der Waals surface area contributed by atoms with Gasteiger partial charge in [0.15, 0.2) is 5.82 Å². The van der Waals surface area contributed by atoms with Gasteiger partial charge in [0.2, 0.25) is 0 Å². The molecule has 88 valence electrons. The molecule has 0 unspecified atom stereocenters. The molecule has 17 heavy (non-hydrogen) atoms. The van der Waals surface area contributed by atoms with Crippen LogP contribution in [0.1, 0.15) is 21.7 Å². The van der Waals surface area contributed by atoms with Crippen LogP contribution in [0.25, 0.3) is 0 Å². The highest BCUT2D eigenvalue weighted by molar-refractivity contribution is 6.07. The Labute approximate surface area is 98.3 Å². The second-order valence-corrected chi connectivity index (χ2v) is 3.75. The molecule has 4 N–H and O–H groups in total. The van der Waals surface area contributed by atoms with Crippen LogP contribution < -0.4 is 11.1 Å². The second-order valence-electron chi connectivity index (χ2n) is 3.75. The number of anilines is 2. The third kappa shape index (κ3) is 2.25. The largest absolute Gasteiger partial charge is 0.382 e. The number of pyridine rings is 1. The van der Waals surface area contributed by atoms with Gasteiger partial charge in [-0.3, -0.25) is 14.9 Å². The van der Waals surface area contributed by atoms with Crippen molar-refractivity contribution in [3.63, 3.8) is 0 Å². The highest BCUT2D eigenvalue weighted by atomic mass is 16.1. The predicted octanol–water partition coefficient (Wildman–Crippen LogP) is 1.26. The van der Waals surface area contributed by atoms with E-state index >= 15 is 0 Å². The molecular formula is C11H13N5O. The summed E-state index contributed by atoms with van der Waals surface area (Å²) in [5.41, 5.74) is 8.12. The predicted molar refractivity (Wildman–Crippen MR) is 64.7 cm³/mol. The molecule has 6 nitrogen and oxygen atoms in total. The molecule has 0 radical (unpaired) electrons. The minimum atomic E-state index is -0.292. The summed E-state index contributed by atoms with van der Waals surface area (Å²) in [7, 11) is 0. The van der Waals surface area contributed by atoms with Crippen molar-refractivity contribution in [3.8, 4) is 0 Å². The van der Waals surface area contributed by atoms with E-state index in [4.69, 9.17) is 5.73 Å². The molecule has 0 aliphatic heterocycles. The van der Waals surface area contributed by atoms with Crippen LogP contribution in [0.2, 0.25) is 0 Å². The number of nitrogen functional groups attached to an aromatic ring is 1. The maximum atomic E-state index is 11.9. The van der Waals surface area contributed by atoms with Crippen LogP contribution in [0.4, 0.5) is 11.5 Å². The molecule has 2 aromatic rings. The van der Waals surface area contributed by atoms with Crippen LogP contribution in [-0.4, -0.2) is 21.1 Å². The lowest BCUT2D eigenvalue weighted by Gasteiger charge is -2.04. The van der Waals surface area contributed by atoms with Gasteiger partial charge in [-0.1, -0.05) is 0 Å². The quantitative estimate of drug-likeness (QED) is 0.724. The number of aromatic nitrogens is 3. The van der Waals surface area contributed by atoms with E-state index in [1.165, 1.54) is 0 Å². The van der Waals surface area contributed by atoms with Gasteiger partial charge in [-0.25, -0.2) is 0 Å². The van der Waals surface area contributed by atoms with Crippen LogP contribution >= 0.6 is 0 Å². The van der Waals surface area contributed by atoms with Gasteiger partial charge in [-0.05, 0) is 26.0 Å². The number of nitrogens with zero attached hydrogens (tertiary/aromatic N) is 2. The zero-order chi connectivity index (χ0) is 12.4. The standard InChI is InChI=1S/C11H13N5O/c1-6-3-4-8(5-13-6)14-11(17)9-7(2)15-16-10(9)12/h3-5H,1-2H3,(H,14,17)(H3,12,15,16). The Hall–Kier alpha value is -2.37.